The van der Waals surface area contributed by atoms with Gasteiger partial charge in [-0.15, -0.1) is 0 Å². The van der Waals surface area contributed by atoms with Crippen LogP contribution in [0.2, 0.25) is 0 Å². The average Bonchev–Trinajstić information content (AvgIpc) is 3.68. The predicted octanol–water partition coefficient (Wildman–Crippen LogP) is 4.66. The lowest BCUT2D eigenvalue weighted by molar-refractivity contribution is -0.315. The van der Waals surface area contributed by atoms with E-state index in [-0.39, 0.29) is 37.1 Å². The molecule has 0 spiro atoms. The molecule has 5 saturated heterocycles. The molecule has 1 N–H and O–H groups in total. The van der Waals surface area contributed by atoms with Crippen molar-refractivity contribution in [3.05, 3.63) is 0 Å². The van der Waals surface area contributed by atoms with Crippen molar-refractivity contribution in [2.45, 2.75) is 171 Å². The number of fused-ring (bicyclic) bond motifs is 3. The number of carbonyl (C=O) groups is 3. The third-order valence-corrected chi connectivity index (χ3v) is 15.8. The van der Waals surface area contributed by atoms with Crippen molar-refractivity contribution in [1.29, 1.82) is 0 Å². The fraction of sp³-hybridized carbons (Fsp3) is 0.927. The van der Waals surface area contributed by atoms with Gasteiger partial charge in [0.25, 0.3) is 0 Å². The van der Waals surface area contributed by atoms with E-state index in [0.29, 0.717) is 19.3 Å². The maximum absolute atomic E-state index is 14.8. The van der Waals surface area contributed by atoms with Crippen molar-refractivity contribution >= 4 is 39.3 Å². The smallest absolute Gasteiger partial charge is 0.321 e. The summed E-state index contributed by atoms with van der Waals surface area (Å²) in [4.78, 5) is 45.1. The van der Waals surface area contributed by atoms with E-state index in [9.17, 15) is 19.5 Å². The van der Waals surface area contributed by atoms with E-state index >= 15 is 0 Å². The number of hydrogen-bond acceptors (Lipinski definition) is 16. The highest BCUT2D eigenvalue weighted by atomic mass is 33.1. The number of Topliss-reactive ketones (excluding diaryl/α,β-unsaturated/α-hetero) is 1. The van der Waals surface area contributed by atoms with Crippen LogP contribution in [0.25, 0.3) is 0 Å². The van der Waals surface area contributed by atoms with E-state index < -0.39 is 107 Å². The number of rotatable bonds is 10. The van der Waals surface area contributed by atoms with Crippen LogP contribution >= 0.6 is 21.6 Å². The third kappa shape index (κ3) is 9.12. The van der Waals surface area contributed by atoms with E-state index in [0.717, 1.165) is 0 Å². The molecular weight excluding hydrogens is 779 g/mol. The minimum Gasteiger partial charge on any atom is -0.458 e. The van der Waals surface area contributed by atoms with Crippen LogP contribution in [0.5, 0.6) is 0 Å². The van der Waals surface area contributed by atoms with Gasteiger partial charge in [0.2, 0.25) is 0 Å². The second-order valence-electron chi connectivity index (χ2n) is 17.9. The molecule has 0 radical (unpaired) electrons. The zero-order chi connectivity index (χ0) is 42.4. The molecule has 16 heteroatoms. The number of methoxy groups -OCH3 is 2. The molecule has 19 atom stereocenters. The molecule has 328 valence electrons. The number of nitrogens with zero attached hydrogens (tertiary/aromatic N) is 1. The molecule has 5 rings (SSSR count). The first-order chi connectivity index (χ1) is 26.7. The SMILES string of the molecule is CC[C@H]1OC(=O)[C@H](C)[C@@H](O[C@H]2C[C@@](C)(OC)[C@@H](O)[C@H](C)O2)[C@H](C)[C@@H](O[C@@H]2O[C@H](C)C[C@@H](OC)[C@@H]2N(C)C)[C@@]2(C)C[C@@H](CO2)C(=O)[C@H](C)[C@H]2C(SSC)C(=O)O[C@@]21C. The standard InChI is InChI=1S/C41H69NO13S2/c1-15-27-41(9)29(33(57-56-14)37(46)55-41)21(3)31(43)25-17-40(8,49-19-25)35(54-38-30(42(10)11)26(47-12)16-20(2)50-38)22(4)32(23(5)36(45)52-27)53-28-18-39(7,48-13)34(44)24(6)51-28/h20-30,32-35,38,44H,15-19H2,1-14H3/t20-,21-,22+,23-,24+,25+,26-,27-,28+,29+,30+,32+,33?,34+,35-,38+,39-,40-,41-/m1/s1. The Balaban J connectivity index is 1.64. The molecule has 1 unspecified atom stereocenters. The Hall–Kier alpha value is -1.05. The topological polar surface area (TPSA) is 158 Å². The minimum atomic E-state index is -1.28. The Bertz CT molecular complexity index is 1430. The van der Waals surface area contributed by atoms with Crippen molar-refractivity contribution in [3.63, 3.8) is 0 Å². The summed E-state index contributed by atoms with van der Waals surface area (Å²) in [6, 6.07) is -0.295. The third-order valence-electron chi connectivity index (χ3n) is 13.7. The highest BCUT2D eigenvalue weighted by Gasteiger charge is 2.63. The number of esters is 2. The number of aliphatic hydroxyl groups is 1. The van der Waals surface area contributed by atoms with Crippen molar-refractivity contribution in [1.82, 2.24) is 4.90 Å². The van der Waals surface area contributed by atoms with Gasteiger partial charge < -0.3 is 47.7 Å². The van der Waals surface area contributed by atoms with Gasteiger partial charge >= 0.3 is 11.9 Å². The second-order valence-corrected chi connectivity index (χ2v) is 20.5. The number of cyclic esters (lactones) is 1. The Labute approximate surface area is 347 Å². The first-order valence-corrected chi connectivity index (χ1v) is 23.2. The van der Waals surface area contributed by atoms with Gasteiger partial charge in [0, 0.05) is 50.7 Å². The van der Waals surface area contributed by atoms with Crippen LogP contribution in [0.3, 0.4) is 0 Å². The molecule has 0 aromatic carbocycles. The maximum Gasteiger partial charge on any atom is 0.321 e. The zero-order valence-corrected chi connectivity index (χ0v) is 38.0. The highest BCUT2D eigenvalue weighted by molar-refractivity contribution is 8.76. The van der Waals surface area contributed by atoms with Crippen LogP contribution in [0, 0.1) is 29.6 Å². The van der Waals surface area contributed by atoms with E-state index in [4.69, 9.17) is 42.6 Å². The molecular formula is C41H69NO13S2. The highest BCUT2D eigenvalue weighted by Crippen LogP contribution is 2.52. The normalized spacial score (nSPS) is 48.7. The molecule has 5 aliphatic rings. The van der Waals surface area contributed by atoms with Crippen LogP contribution in [-0.2, 0) is 57.0 Å². The first kappa shape index (κ1) is 47.0. The van der Waals surface area contributed by atoms with E-state index in [1.165, 1.54) is 21.6 Å². The summed E-state index contributed by atoms with van der Waals surface area (Å²) in [6.45, 7) is 16.9. The molecule has 0 aliphatic carbocycles. The quantitative estimate of drug-likeness (QED) is 0.239. The lowest BCUT2D eigenvalue weighted by Gasteiger charge is -2.49. The number of carbonyl (C=O) groups excluding carboxylic acids is 3. The van der Waals surface area contributed by atoms with Crippen molar-refractivity contribution < 1.29 is 62.1 Å². The van der Waals surface area contributed by atoms with Gasteiger partial charge in [-0.1, -0.05) is 42.4 Å². The number of aliphatic hydroxyl groups excluding tert-OH is 1. The molecule has 57 heavy (non-hydrogen) atoms. The molecule has 5 aliphatic heterocycles. The number of ether oxygens (including phenoxy) is 9. The summed E-state index contributed by atoms with van der Waals surface area (Å²) in [7, 11) is 9.95. The van der Waals surface area contributed by atoms with E-state index in [1.807, 2.05) is 66.8 Å². The van der Waals surface area contributed by atoms with Gasteiger partial charge in [0.15, 0.2) is 18.2 Å². The lowest BCUT2D eigenvalue weighted by Crippen LogP contribution is -2.61. The van der Waals surface area contributed by atoms with Gasteiger partial charge in [-0.25, -0.2) is 0 Å². The monoisotopic (exact) mass is 847 g/mol. The summed E-state index contributed by atoms with van der Waals surface area (Å²) < 4.78 is 58.1. The van der Waals surface area contributed by atoms with Crippen molar-refractivity contribution in [2.75, 3.05) is 41.2 Å². The Morgan fingerprint density at radius 3 is 2.23 bits per heavy atom. The summed E-state index contributed by atoms with van der Waals surface area (Å²) >= 11 is 0. The Morgan fingerprint density at radius 2 is 1.63 bits per heavy atom. The Morgan fingerprint density at radius 1 is 0.947 bits per heavy atom. The molecule has 14 nitrogen and oxygen atoms in total. The van der Waals surface area contributed by atoms with Crippen molar-refractivity contribution in [3.8, 4) is 0 Å². The largest absolute Gasteiger partial charge is 0.458 e. The Kier molecular flexibility index (Phi) is 15.3. The van der Waals surface area contributed by atoms with Gasteiger partial charge in [-0.05, 0) is 74.7 Å². The average molecular weight is 848 g/mol. The summed E-state index contributed by atoms with van der Waals surface area (Å²) in [6.07, 6.45) is -2.76. The molecule has 0 saturated carbocycles. The molecule has 5 heterocycles. The second kappa shape index (κ2) is 18.5. The fourth-order valence-corrected chi connectivity index (χ4v) is 12.6. The van der Waals surface area contributed by atoms with Crippen molar-refractivity contribution in [2.24, 2.45) is 29.6 Å². The van der Waals surface area contributed by atoms with E-state index in [1.54, 1.807) is 35.0 Å². The number of likely N-dealkylation sites (N-methyl/N-ethyl adjacent to an activating group) is 1. The minimum absolute atomic E-state index is 0.0408. The van der Waals surface area contributed by atoms with Crippen LogP contribution in [0.15, 0.2) is 0 Å². The molecule has 5 fully saturated rings. The van der Waals surface area contributed by atoms with E-state index in [2.05, 4.69) is 0 Å². The van der Waals surface area contributed by atoms with Crippen LogP contribution in [0.1, 0.15) is 88.0 Å². The lowest BCUT2D eigenvalue weighted by atomic mass is 9.70. The van der Waals surface area contributed by atoms with Gasteiger partial charge in [0.05, 0.1) is 60.3 Å². The summed E-state index contributed by atoms with van der Waals surface area (Å²) in [5.74, 6) is -4.25. The van der Waals surface area contributed by atoms with Crippen LogP contribution in [0.4, 0.5) is 0 Å². The molecule has 2 bridgehead atoms. The van der Waals surface area contributed by atoms with Crippen LogP contribution in [-0.4, -0.2) is 152 Å². The van der Waals surface area contributed by atoms with Gasteiger partial charge in [-0.3, -0.25) is 19.3 Å². The summed E-state index contributed by atoms with van der Waals surface area (Å²) in [5.41, 5.74) is -3.33. The number of hydrogen-bond donors (Lipinski definition) is 1. The molecule has 0 aromatic heterocycles. The maximum atomic E-state index is 14.8. The zero-order valence-electron chi connectivity index (χ0n) is 36.4. The van der Waals surface area contributed by atoms with Crippen LogP contribution < -0.4 is 0 Å². The molecule has 0 amide bonds. The number of ketones is 1. The molecule has 0 aromatic rings. The van der Waals surface area contributed by atoms with Gasteiger partial charge in [-0.2, -0.15) is 0 Å². The predicted molar refractivity (Wildman–Crippen MR) is 215 cm³/mol. The fourth-order valence-electron chi connectivity index (χ4n) is 10.4. The first-order valence-electron chi connectivity index (χ1n) is 20.5. The van der Waals surface area contributed by atoms with Gasteiger partial charge in [0.1, 0.15) is 23.2 Å². The summed E-state index contributed by atoms with van der Waals surface area (Å²) in [5, 5.41) is 10.4.